The molecule has 4 heterocycles. The van der Waals surface area contributed by atoms with Crippen LogP contribution < -0.4 is 20.7 Å². The van der Waals surface area contributed by atoms with Gasteiger partial charge >= 0.3 is 0 Å². The Hall–Kier alpha value is -3.91. The summed E-state index contributed by atoms with van der Waals surface area (Å²) in [6.45, 7) is 8.28. The number of piperidine rings is 1. The molecule has 0 bridgehead atoms. The summed E-state index contributed by atoms with van der Waals surface area (Å²) in [5.41, 5.74) is 5.32. The summed E-state index contributed by atoms with van der Waals surface area (Å²) in [5, 5.41) is 9.58. The zero-order valence-corrected chi connectivity index (χ0v) is 21.3. The van der Waals surface area contributed by atoms with Crippen LogP contribution in [0.4, 0.5) is 17.2 Å². The van der Waals surface area contributed by atoms with Crippen molar-refractivity contribution in [3.8, 4) is 5.88 Å². The predicted octanol–water partition coefficient (Wildman–Crippen LogP) is 4.89. The molecule has 1 amide bonds. The number of fused-ring (bicyclic) bond motifs is 1. The van der Waals surface area contributed by atoms with Gasteiger partial charge in [0.15, 0.2) is 0 Å². The van der Waals surface area contributed by atoms with E-state index in [0.29, 0.717) is 30.4 Å². The number of anilines is 3. The second kappa shape index (κ2) is 11.4. The van der Waals surface area contributed by atoms with Crippen molar-refractivity contribution < 1.29 is 9.53 Å². The summed E-state index contributed by atoms with van der Waals surface area (Å²) in [6, 6.07) is 13.2. The molecule has 0 aliphatic carbocycles. The lowest BCUT2D eigenvalue weighted by molar-refractivity contribution is 0.102. The van der Waals surface area contributed by atoms with Gasteiger partial charge in [0.2, 0.25) is 5.88 Å². The van der Waals surface area contributed by atoms with E-state index >= 15 is 0 Å². The molecule has 3 aromatic rings. The van der Waals surface area contributed by atoms with Gasteiger partial charge < -0.3 is 25.6 Å². The van der Waals surface area contributed by atoms with Crippen LogP contribution in [0.5, 0.6) is 5.88 Å². The van der Waals surface area contributed by atoms with Crippen LogP contribution in [0.3, 0.4) is 0 Å². The maximum atomic E-state index is 13.1. The number of ether oxygens (including phenoxy) is 1. The van der Waals surface area contributed by atoms with E-state index < -0.39 is 0 Å². The first-order chi connectivity index (χ1) is 18.0. The maximum absolute atomic E-state index is 13.1. The van der Waals surface area contributed by atoms with Crippen molar-refractivity contribution in [3.05, 3.63) is 78.1 Å². The summed E-state index contributed by atoms with van der Waals surface area (Å²) in [6.07, 6.45) is 6.95. The SMILES string of the molecule is C=C1CNc2cc(NC(=O)c3cccnc3NCc3ccnc(OCCC4CCN(C)CC4)c3)ccc21. The number of benzene rings is 1. The third-order valence-electron chi connectivity index (χ3n) is 7.08. The van der Waals surface area contributed by atoms with E-state index in [1.54, 1.807) is 24.5 Å². The second-order valence-electron chi connectivity index (χ2n) is 9.81. The number of likely N-dealkylation sites (tertiary alicyclic amines) is 1. The van der Waals surface area contributed by atoms with E-state index in [-0.39, 0.29) is 5.91 Å². The molecule has 2 aliphatic rings. The molecule has 0 spiro atoms. The summed E-state index contributed by atoms with van der Waals surface area (Å²) in [4.78, 5) is 24.2. The number of hydrogen-bond donors (Lipinski definition) is 3. The van der Waals surface area contributed by atoms with Gasteiger partial charge in [-0.05, 0) is 86.8 Å². The van der Waals surface area contributed by atoms with Crippen LogP contribution in [-0.2, 0) is 6.54 Å². The standard InChI is InChI=1S/C29H34N6O2/c1-20-18-32-26-17-23(5-6-24(20)26)34-29(36)25-4-3-11-31-28(25)33-19-22-7-12-30-27(16-22)37-15-10-21-8-13-35(2)14-9-21/h3-7,11-12,16-17,21,32H,1,8-10,13-15,18-19H2,2H3,(H,31,33)(H,34,36). The molecule has 8 heteroatoms. The average molecular weight is 499 g/mol. The molecule has 0 radical (unpaired) electrons. The summed E-state index contributed by atoms with van der Waals surface area (Å²) in [5.74, 6) is 1.65. The van der Waals surface area contributed by atoms with Crippen molar-refractivity contribution in [1.29, 1.82) is 0 Å². The minimum Gasteiger partial charge on any atom is -0.478 e. The number of rotatable bonds is 9. The number of pyridine rings is 2. The van der Waals surface area contributed by atoms with Crippen LogP contribution in [0, 0.1) is 5.92 Å². The van der Waals surface area contributed by atoms with E-state index in [9.17, 15) is 4.79 Å². The third kappa shape index (κ3) is 6.27. The highest BCUT2D eigenvalue weighted by atomic mass is 16.5. The molecule has 1 saturated heterocycles. The lowest BCUT2D eigenvalue weighted by Gasteiger charge is -2.28. The fourth-order valence-corrected chi connectivity index (χ4v) is 4.81. The molecule has 192 valence electrons. The molecule has 0 unspecified atom stereocenters. The number of hydrogen-bond acceptors (Lipinski definition) is 7. The molecular formula is C29H34N6O2. The van der Waals surface area contributed by atoms with Gasteiger partial charge in [0.25, 0.3) is 5.91 Å². The van der Waals surface area contributed by atoms with Gasteiger partial charge in [0, 0.05) is 48.5 Å². The molecule has 2 aromatic heterocycles. The molecule has 2 aliphatic heterocycles. The fourth-order valence-electron chi connectivity index (χ4n) is 4.81. The Labute approximate surface area is 218 Å². The summed E-state index contributed by atoms with van der Waals surface area (Å²) < 4.78 is 5.95. The Bertz CT molecular complexity index is 1270. The number of carbonyl (C=O) groups is 1. The number of nitrogens with zero attached hydrogens (tertiary/aromatic N) is 3. The summed E-state index contributed by atoms with van der Waals surface area (Å²) in [7, 11) is 2.18. The van der Waals surface area contributed by atoms with Crippen molar-refractivity contribution in [2.24, 2.45) is 5.92 Å². The maximum Gasteiger partial charge on any atom is 0.259 e. The third-order valence-corrected chi connectivity index (χ3v) is 7.08. The predicted molar refractivity (Wildman–Crippen MR) is 148 cm³/mol. The van der Waals surface area contributed by atoms with E-state index in [1.807, 2.05) is 30.3 Å². The Balaban J connectivity index is 1.16. The highest BCUT2D eigenvalue weighted by molar-refractivity contribution is 6.07. The van der Waals surface area contributed by atoms with Crippen LogP contribution in [0.2, 0.25) is 0 Å². The quantitative estimate of drug-likeness (QED) is 0.387. The normalized spacial score (nSPS) is 15.6. The van der Waals surface area contributed by atoms with Gasteiger partial charge in [-0.1, -0.05) is 12.6 Å². The van der Waals surface area contributed by atoms with E-state index in [0.717, 1.165) is 60.0 Å². The van der Waals surface area contributed by atoms with Gasteiger partial charge in [-0.3, -0.25) is 4.79 Å². The Morgan fingerprint density at radius 1 is 1.16 bits per heavy atom. The topological polar surface area (TPSA) is 91.4 Å². The van der Waals surface area contributed by atoms with Crippen LogP contribution in [0.25, 0.3) is 5.57 Å². The molecule has 8 nitrogen and oxygen atoms in total. The van der Waals surface area contributed by atoms with Crippen LogP contribution in [0.15, 0.2) is 61.4 Å². The smallest absolute Gasteiger partial charge is 0.259 e. The lowest BCUT2D eigenvalue weighted by Crippen LogP contribution is -2.30. The molecule has 37 heavy (non-hydrogen) atoms. The molecular weight excluding hydrogens is 464 g/mol. The monoisotopic (exact) mass is 498 g/mol. The van der Waals surface area contributed by atoms with E-state index in [4.69, 9.17) is 4.74 Å². The minimum absolute atomic E-state index is 0.222. The molecule has 1 fully saturated rings. The highest BCUT2D eigenvalue weighted by Gasteiger charge is 2.18. The first kappa shape index (κ1) is 24.8. The van der Waals surface area contributed by atoms with Gasteiger partial charge in [0.1, 0.15) is 5.82 Å². The number of amides is 1. The van der Waals surface area contributed by atoms with Crippen molar-refractivity contribution in [3.63, 3.8) is 0 Å². The van der Waals surface area contributed by atoms with E-state index in [1.165, 1.54) is 12.8 Å². The number of aromatic nitrogens is 2. The second-order valence-corrected chi connectivity index (χ2v) is 9.81. The molecule has 1 aromatic carbocycles. The van der Waals surface area contributed by atoms with Gasteiger partial charge in [-0.2, -0.15) is 0 Å². The van der Waals surface area contributed by atoms with Crippen molar-refractivity contribution in [2.75, 3.05) is 49.2 Å². The van der Waals surface area contributed by atoms with Crippen molar-refractivity contribution in [1.82, 2.24) is 14.9 Å². The molecule has 0 saturated carbocycles. The zero-order chi connectivity index (χ0) is 25.6. The van der Waals surface area contributed by atoms with Crippen LogP contribution >= 0.6 is 0 Å². The number of nitrogens with one attached hydrogen (secondary N) is 3. The van der Waals surface area contributed by atoms with Crippen molar-refractivity contribution >= 4 is 28.7 Å². The first-order valence-corrected chi connectivity index (χ1v) is 12.9. The lowest BCUT2D eigenvalue weighted by atomic mass is 9.94. The number of carbonyl (C=O) groups excluding carboxylic acids is 1. The largest absolute Gasteiger partial charge is 0.478 e. The Morgan fingerprint density at radius 3 is 2.89 bits per heavy atom. The van der Waals surface area contributed by atoms with E-state index in [2.05, 4.69) is 44.4 Å². The Morgan fingerprint density at radius 2 is 2.03 bits per heavy atom. The highest BCUT2D eigenvalue weighted by Crippen LogP contribution is 2.32. The van der Waals surface area contributed by atoms with Gasteiger partial charge in [-0.15, -0.1) is 0 Å². The van der Waals surface area contributed by atoms with Crippen LogP contribution in [-0.4, -0.2) is 54.1 Å². The Kier molecular flexibility index (Phi) is 7.65. The average Bonchev–Trinajstić information content (AvgIpc) is 3.29. The van der Waals surface area contributed by atoms with Crippen LogP contribution in [0.1, 0.15) is 40.7 Å². The van der Waals surface area contributed by atoms with Gasteiger partial charge in [0.05, 0.1) is 12.2 Å². The van der Waals surface area contributed by atoms with Gasteiger partial charge in [-0.25, -0.2) is 9.97 Å². The molecule has 5 rings (SSSR count). The molecule has 0 atom stereocenters. The molecule has 3 N–H and O–H groups in total. The first-order valence-electron chi connectivity index (χ1n) is 12.9. The minimum atomic E-state index is -0.222. The summed E-state index contributed by atoms with van der Waals surface area (Å²) >= 11 is 0. The zero-order valence-electron chi connectivity index (χ0n) is 21.3. The van der Waals surface area contributed by atoms with Crippen molar-refractivity contribution in [2.45, 2.75) is 25.8 Å². The fraction of sp³-hybridized carbons (Fsp3) is 0.345.